The highest BCUT2D eigenvalue weighted by Gasteiger charge is 2.49. The first-order chi connectivity index (χ1) is 10.3. The van der Waals surface area contributed by atoms with Gasteiger partial charge in [0, 0.05) is 19.0 Å². The zero-order chi connectivity index (χ0) is 16.8. The molecule has 0 saturated heterocycles. The van der Waals surface area contributed by atoms with Crippen LogP contribution in [0.5, 0.6) is 0 Å². The van der Waals surface area contributed by atoms with Gasteiger partial charge in [0.05, 0.1) is 0 Å². The summed E-state index contributed by atoms with van der Waals surface area (Å²) < 4.78 is 0. The highest BCUT2D eigenvalue weighted by molar-refractivity contribution is 5.78. The molecule has 0 aromatic rings. The monoisotopic (exact) mass is 307 g/mol. The minimum Gasteiger partial charge on any atom is -0.342 e. The maximum Gasteiger partial charge on any atom is 0.225 e. The molecule has 1 amide bonds. The van der Waals surface area contributed by atoms with Gasteiger partial charge in [-0.3, -0.25) is 4.79 Å². The summed E-state index contributed by atoms with van der Waals surface area (Å²) in [7, 11) is 0. The topological polar surface area (TPSA) is 20.3 Å². The number of unbranched alkanes of at least 4 members (excludes halogenated alkanes) is 1. The van der Waals surface area contributed by atoms with E-state index in [1.807, 2.05) is 0 Å². The second-order valence-electron chi connectivity index (χ2n) is 7.82. The van der Waals surface area contributed by atoms with E-state index in [2.05, 4.69) is 52.5 Å². The Balaban J connectivity index is 2.53. The van der Waals surface area contributed by atoms with Crippen molar-refractivity contribution in [2.75, 3.05) is 13.1 Å². The van der Waals surface area contributed by atoms with Gasteiger partial charge in [0.25, 0.3) is 0 Å². The molecule has 1 rings (SSSR count). The average Bonchev–Trinajstić information content (AvgIpc) is 3.11. The Kier molecular flexibility index (Phi) is 7.65. The van der Waals surface area contributed by atoms with Gasteiger partial charge in [0.15, 0.2) is 0 Å². The van der Waals surface area contributed by atoms with Crippen LogP contribution in [0, 0.1) is 17.3 Å². The van der Waals surface area contributed by atoms with Gasteiger partial charge in [-0.1, -0.05) is 45.8 Å². The third-order valence-electron chi connectivity index (χ3n) is 5.37. The first kappa shape index (κ1) is 19.3. The molecule has 0 N–H and O–H groups in total. The molecule has 128 valence electrons. The Morgan fingerprint density at radius 1 is 1.36 bits per heavy atom. The maximum absolute atomic E-state index is 12.6. The van der Waals surface area contributed by atoms with Crippen molar-refractivity contribution in [3.63, 3.8) is 0 Å². The van der Waals surface area contributed by atoms with E-state index >= 15 is 0 Å². The van der Waals surface area contributed by atoms with Crippen LogP contribution in [0.25, 0.3) is 0 Å². The van der Waals surface area contributed by atoms with Crippen LogP contribution in [0.4, 0.5) is 0 Å². The maximum atomic E-state index is 12.6. The number of amides is 1. The van der Waals surface area contributed by atoms with E-state index in [0.717, 1.165) is 32.4 Å². The van der Waals surface area contributed by atoms with Crippen LogP contribution in [0.3, 0.4) is 0 Å². The molecule has 0 aromatic carbocycles. The lowest BCUT2D eigenvalue weighted by molar-refractivity contribution is -0.135. The molecule has 1 aliphatic rings. The quantitative estimate of drug-likeness (QED) is 0.492. The predicted molar refractivity (Wildman–Crippen MR) is 95.8 cm³/mol. The highest BCUT2D eigenvalue weighted by Crippen LogP contribution is 2.55. The standard InChI is InChI=1S/C20H37NO/c1-7-9-13-21(19(22)17(5)8-2)15-18-14-20(18,6)12-10-11-16(3)4/h11,17-18H,7-10,12-15H2,1-6H3. The van der Waals surface area contributed by atoms with E-state index in [9.17, 15) is 4.79 Å². The largest absolute Gasteiger partial charge is 0.342 e. The van der Waals surface area contributed by atoms with Crippen LogP contribution < -0.4 is 0 Å². The molecule has 2 nitrogen and oxygen atoms in total. The summed E-state index contributed by atoms with van der Waals surface area (Å²) in [6.45, 7) is 15.1. The summed E-state index contributed by atoms with van der Waals surface area (Å²) in [5.74, 6) is 1.25. The van der Waals surface area contributed by atoms with Gasteiger partial charge in [-0.25, -0.2) is 0 Å². The van der Waals surface area contributed by atoms with Crippen LogP contribution in [0.2, 0.25) is 0 Å². The van der Waals surface area contributed by atoms with E-state index in [-0.39, 0.29) is 5.92 Å². The molecule has 0 bridgehead atoms. The fourth-order valence-electron chi connectivity index (χ4n) is 3.18. The molecular formula is C20H37NO. The molecule has 0 aromatic heterocycles. The number of hydrogen-bond donors (Lipinski definition) is 0. The summed E-state index contributed by atoms with van der Waals surface area (Å²) in [6, 6.07) is 0. The van der Waals surface area contributed by atoms with Crippen molar-refractivity contribution in [2.45, 2.75) is 80.1 Å². The second kappa shape index (κ2) is 8.74. The van der Waals surface area contributed by atoms with Crippen LogP contribution in [0.15, 0.2) is 11.6 Å². The Labute approximate surface area is 138 Å². The summed E-state index contributed by atoms with van der Waals surface area (Å²) in [6.07, 6.45) is 9.32. The van der Waals surface area contributed by atoms with Crippen molar-refractivity contribution < 1.29 is 4.79 Å². The summed E-state index contributed by atoms with van der Waals surface area (Å²) in [4.78, 5) is 14.7. The number of carbonyl (C=O) groups excluding carboxylic acids is 1. The smallest absolute Gasteiger partial charge is 0.225 e. The molecule has 1 fully saturated rings. The van der Waals surface area contributed by atoms with Gasteiger partial charge in [0.1, 0.15) is 0 Å². The molecule has 0 heterocycles. The van der Waals surface area contributed by atoms with Crippen molar-refractivity contribution in [1.29, 1.82) is 0 Å². The normalized spacial score (nSPS) is 24.7. The SMILES string of the molecule is CCCCN(CC1CC1(C)CCC=C(C)C)C(=O)C(C)CC. The van der Waals surface area contributed by atoms with E-state index in [1.165, 1.54) is 24.8 Å². The molecule has 1 aliphatic carbocycles. The second-order valence-corrected chi connectivity index (χ2v) is 7.82. The Bertz CT molecular complexity index is 383. The van der Waals surface area contributed by atoms with Crippen molar-refractivity contribution in [2.24, 2.45) is 17.3 Å². The first-order valence-electron chi connectivity index (χ1n) is 9.26. The number of nitrogens with zero attached hydrogens (tertiary/aromatic N) is 1. The fourth-order valence-corrected chi connectivity index (χ4v) is 3.18. The van der Waals surface area contributed by atoms with Crippen molar-refractivity contribution >= 4 is 5.91 Å². The van der Waals surface area contributed by atoms with Crippen LogP contribution >= 0.6 is 0 Å². The highest BCUT2D eigenvalue weighted by atomic mass is 16.2. The van der Waals surface area contributed by atoms with Gasteiger partial charge in [-0.05, 0) is 57.3 Å². The number of hydrogen-bond acceptors (Lipinski definition) is 1. The zero-order valence-corrected chi connectivity index (χ0v) is 15.7. The van der Waals surface area contributed by atoms with Gasteiger partial charge >= 0.3 is 0 Å². The number of rotatable bonds is 10. The summed E-state index contributed by atoms with van der Waals surface area (Å²) in [5, 5.41) is 0. The predicted octanol–water partition coefficient (Wildman–Crippen LogP) is 5.43. The van der Waals surface area contributed by atoms with Crippen molar-refractivity contribution in [3.8, 4) is 0 Å². The summed E-state index contributed by atoms with van der Waals surface area (Å²) in [5.41, 5.74) is 1.88. The lowest BCUT2D eigenvalue weighted by Crippen LogP contribution is -2.38. The van der Waals surface area contributed by atoms with Gasteiger partial charge in [-0.2, -0.15) is 0 Å². The third kappa shape index (κ3) is 5.78. The van der Waals surface area contributed by atoms with Crippen molar-refractivity contribution in [1.82, 2.24) is 4.90 Å². The molecule has 0 spiro atoms. The molecule has 0 aliphatic heterocycles. The van der Waals surface area contributed by atoms with Crippen LogP contribution in [-0.4, -0.2) is 23.9 Å². The fraction of sp³-hybridized carbons (Fsp3) is 0.850. The Morgan fingerprint density at radius 3 is 2.59 bits per heavy atom. The van der Waals surface area contributed by atoms with Crippen LogP contribution in [0.1, 0.15) is 80.1 Å². The Morgan fingerprint density at radius 2 is 2.05 bits per heavy atom. The third-order valence-corrected chi connectivity index (χ3v) is 5.37. The number of allylic oxidation sites excluding steroid dienone is 2. The Hall–Kier alpha value is -0.790. The zero-order valence-electron chi connectivity index (χ0n) is 15.7. The van der Waals surface area contributed by atoms with Gasteiger partial charge in [-0.15, -0.1) is 0 Å². The minimum atomic E-state index is 0.174. The molecule has 1 saturated carbocycles. The lowest BCUT2D eigenvalue weighted by atomic mass is 9.98. The van der Waals surface area contributed by atoms with Crippen LogP contribution in [-0.2, 0) is 4.79 Å². The number of carbonyl (C=O) groups is 1. The molecule has 22 heavy (non-hydrogen) atoms. The molecule has 0 radical (unpaired) electrons. The van der Waals surface area contributed by atoms with E-state index in [4.69, 9.17) is 0 Å². The lowest BCUT2D eigenvalue weighted by Gasteiger charge is -2.26. The van der Waals surface area contributed by atoms with E-state index < -0.39 is 0 Å². The first-order valence-corrected chi connectivity index (χ1v) is 9.26. The van der Waals surface area contributed by atoms with E-state index in [0.29, 0.717) is 17.2 Å². The average molecular weight is 308 g/mol. The van der Waals surface area contributed by atoms with Gasteiger partial charge in [0.2, 0.25) is 5.91 Å². The molecule has 3 unspecified atom stereocenters. The summed E-state index contributed by atoms with van der Waals surface area (Å²) >= 11 is 0. The van der Waals surface area contributed by atoms with Gasteiger partial charge < -0.3 is 4.90 Å². The molecule has 2 heteroatoms. The minimum absolute atomic E-state index is 0.174. The van der Waals surface area contributed by atoms with Crippen molar-refractivity contribution in [3.05, 3.63) is 11.6 Å². The molecule has 3 atom stereocenters. The molecular weight excluding hydrogens is 270 g/mol. The van der Waals surface area contributed by atoms with E-state index in [1.54, 1.807) is 0 Å².